The predicted octanol–water partition coefficient (Wildman–Crippen LogP) is 5.52. The SMILES string of the molecule is CCc1coc(-c2ccc(C(=O)Nc3nc4cc(N(C)C(O)c5ccccc5)ccc4n3CCNC)s2)c1. The zero-order valence-electron chi connectivity index (χ0n) is 21.6. The Labute approximate surface area is 225 Å². The lowest BCUT2D eigenvalue weighted by molar-refractivity contribution is 0.102. The molecule has 5 aromatic rings. The molecule has 9 heteroatoms. The maximum absolute atomic E-state index is 13.2. The molecule has 0 saturated heterocycles. The molecule has 2 aromatic carbocycles. The molecule has 5 rings (SSSR count). The number of aliphatic hydroxyl groups is 1. The topological polar surface area (TPSA) is 95.6 Å². The second-order valence-corrected chi connectivity index (χ2v) is 10.1. The van der Waals surface area contributed by atoms with Gasteiger partial charge in [0.15, 0.2) is 6.23 Å². The average molecular weight is 530 g/mol. The molecule has 0 fully saturated rings. The van der Waals surface area contributed by atoms with Crippen LogP contribution in [0.3, 0.4) is 0 Å². The molecule has 3 heterocycles. The van der Waals surface area contributed by atoms with Crippen molar-refractivity contribution in [1.82, 2.24) is 14.9 Å². The van der Waals surface area contributed by atoms with Crippen LogP contribution in [-0.2, 0) is 13.0 Å². The van der Waals surface area contributed by atoms with E-state index in [0.29, 0.717) is 23.9 Å². The van der Waals surface area contributed by atoms with Gasteiger partial charge in [0.1, 0.15) is 5.76 Å². The number of nitrogens with one attached hydrogen (secondary N) is 2. The van der Waals surface area contributed by atoms with E-state index in [0.717, 1.165) is 44.9 Å². The summed E-state index contributed by atoms with van der Waals surface area (Å²) in [4.78, 5) is 21.2. The van der Waals surface area contributed by atoms with Crippen molar-refractivity contribution in [3.8, 4) is 10.6 Å². The number of imidazole rings is 1. The Bertz CT molecular complexity index is 1540. The van der Waals surface area contributed by atoms with Crippen molar-refractivity contribution in [3.63, 3.8) is 0 Å². The van der Waals surface area contributed by atoms with Gasteiger partial charge in [-0.1, -0.05) is 37.3 Å². The Kier molecular flexibility index (Phi) is 7.59. The monoisotopic (exact) mass is 529 g/mol. The van der Waals surface area contributed by atoms with Crippen LogP contribution in [0.15, 0.2) is 77.4 Å². The number of aryl methyl sites for hydroxylation is 1. The molecule has 0 bridgehead atoms. The van der Waals surface area contributed by atoms with Crippen LogP contribution in [0.4, 0.5) is 11.6 Å². The molecule has 3 N–H and O–H groups in total. The van der Waals surface area contributed by atoms with Crippen LogP contribution < -0.4 is 15.5 Å². The van der Waals surface area contributed by atoms with Crippen molar-refractivity contribution in [2.24, 2.45) is 0 Å². The number of hydrogen-bond acceptors (Lipinski definition) is 7. The molecule has 0 aliphatic heterocycles. The highest BCUT2D eigenvalue weighted by Crippen LogP contribution is 2.32. The van der Waals surface area contributed by atoms with Crippen molar-refractivity contribution in [2.75, 3.05) is 30.9 Å². The van der Waals surface area contributed by atoms with Gasteiger partial charge >= 0.3 is 0 Å². The number of anilines is 2. The third-order valence-electron chi connectivity index (χ3n) is 6.55. The molecule has 196 valence electrons. The Morgan fingerprint density at radius 3 is 2.71 bits per heavy atom. The number of furan rings is 1. The third kappa shape index (κ3) is 5.22. The number of aromatic nitrogens is 2. The molecule has 0 spiro atoms. The van der Waals surface area contributed by atoms with E-state index >= 15 is 0 Å². The van der Waals surface area contributed by atoms with Crippen molar-refractivity contribution < 1.29 is 14.3 Å². The average Bonchev–Trinajstić information content (AvgIpc) is 3.69. The van der Waals surface area contributed by atoms with Crippen LogP contribution in [0, 0.1) is 0 Å². The smallest absolute Gasteiger partial charge is 0.268 e. The number of carbonyl (C=O) groups is 1. The summed E-state index contributed by atoms with van der Waals surface area (Å²) < 4.78 is 7.66. The van der Waals surface area contributed by atoms with E-state index in [4.69, 9.17) is 9.40 Å². The molecule has 1 atom stereocenters. The highest BCUT2D eigenvalue weighted by molar-refractivity contribution is 7.17. The van der Waals surface area contributed by atoms with E-state index in [1.807, 2.05) is 85.4 Å². The van der Waals surface area contributed by atoms with Gasteiger partial charge in [-0.25, -0.2) is 4.98 Å². The molecule has 0 aliphatic rings. The first-order valence-corrected chi connectivity index (χ1v) is 13.4. The fourth-order valence-corrected chi connectivity index (χ4v) is 5.18. The molecule has 0 radical (unpaired) electrons. The minimum Gasteiger partial charge on any atom is -0.463 e. The van der Waals surface area contributed by atoms with Crippen molar-refractivity contribution >= 4 is 39.9 Å². The minimum absolute atomic E-state index is 0.221. The van der Waals surface area contributed by atoms with Crippen LogP contribution >= 0.6 is 11.3 Å². The van der Waals surface area contributed by atoms with E-state index in [1.54, 1.807) is 11.2 Å². The molecule has 38 heavy (non-hydrogen) atoms. The summed E-state index contributed by atoms with van der Waals surface area (Å²) in [6.07, 6.45) is 1.85. The van der Waals surface area contributed by atoms with Crippen molar-refractivity contribution in [2.45, 2.75) is 26.1 Å². The Morgan fingerprint density at radius 1 is 1.16 bits per heavy atom. The van der Waals surface area contributed by atoms with Crippen LogP contribution in [0.5, 0.6) is 0 Å². The van der Waals surface area contributed by atoms with E-state index in [-0.39, 0.29) is 5.91 Å². The molecular weight excluding hydrogens is 498 g/mol. The minimum atomic E-state index is -0.796. The van der Waals surface area contributed by atoms with Gasteiger partial charge in [0.25, 0.3) is 5.91 Å². The molecule has 3 aromatic heterocycles. The van der Waals surface area contributed by atoms with Gasteiger partial charge in [-0.2, -0.15) is 0 Å². The number of thiophene rings is 1. The number of carbonyl (C=O) groups excluding carboxylic acids is 1. The quantitative estimate of drug-likeness (QED) is 0.206. The summed E-state index contributed by atoms with van der Waals surface area (Å²) in [7, 11) is 3.73. The van der Waals surface area contributed by atoms with Gasteiger partial charge in [0, 0.05) is 31.4 Å². The number of aliphatic hydroxyl groups excluding tert-OH is 1. The highest BCUT2D eigenvalue weighted by Gasteiger charge is 2.19. The van der Waals surface area contributed by atoms with Crippen LogP contribution in [0.2, 0.25) is 0 Å². The number of fused-ring (bicyclic) bond motifs is 1. The number of rotatable bonds is 10. The Balaban J connectivity index is 1.41. The van der Waals surface area contributed by atoms with Gasteiger partial charge < -0.3 is 24.3 Å². The molecule has 8 nitrogen and oxygen atoms in total. The zero-order valence-corrected chi connectivity index (χ0v) is 22.5. The normalized spacial score (nSPS) is 12.1. The summed E-state index contributed by atoms with van der Waals surface area (Å²) in [6, 6.07) is 21.1. The molecule has 0 aliphatic carbocycles. The maximum atomic E-state index is 13.2. The maximum Gasteiger partial charge on any atom is 0.268 e. The second-order valence-electron chi connectivity index (χ2n) is 9.05. The number of likely N-dealkylation sites (N-methyl/N-ethyl adjacent to an activating group) is 1. The zero-order chi connectivity index (χ0) is 26.6. The summed E-state index contributed by atoms with van der Waals surface area (Å²) in [5, 5.41) is 17.0. The fourth-order valence-electron chi connectivity index (χ4n) is 4.32. The lowest BCUT2D eigenvalue weighted by atomic mass is 10.1. The van der Waals surface area contributed by atoms with E-state index in [9.17, 15) is 9.90 Å². The largest absolute Gasteiger partial charge is 0.463 e. The van der Waals surface area contributed by atoms with Gasteiger partial charge in [0.2, 0.25) is 5.95 Å². The molecule has 1 amide bonds. The number of nitrogens with zero attached hydrogens (tertiary/aromatic N) is 3. The van der Waals surface area contributed by atoms with Crippen LogP contribution in [0.25, 0.3) is 21.7 Å². The number of hydrogen-bond donors (Lipinski definition) is 3. The summed E-state index contributed by atoms with van der Waals surface area (Å²) >= 11 is 1.39. The van der Waals surface area contributed by atoms with Crippen LogP contribution in [0.1, 0.15) is 34.0 Å². The summed E-state index contributed by atoms with van der Waals surface area (Å²) in [6.45, 7) is 3.42. The number of benzene rings is 2. The first kappa shape index (κ1) is 25.7. The van der Waals surface area contributed by atoms with E-state index in [2.05, 4.69) is 17.6 Å². The first-order chi connectivity index (χ1) is 18.5. The molecular formula is C29H31N5O3S. The van der Waals surface area contributed by atoms with Crippen molar-refractivity contribution in [1.29, 1.82) is 0 Å². The van der Waals surface area contributed by atoms with E-state index in [1.165, 1.54) is 11.3 Å². The van der Waals surface area contributed by atoms with Gasteiger partial charge in [-0.05, 0) is 55.4 Å². The molecule has 1 unspecified atom stereocenters. The lowest BCUT2D eigenvalue weighted by Gasteiger charge is -2.26. The highest BCUT2D eigenvalue weighted by atomic mass is 32.1. The standard InChI is InChI=1S/C29H31N5O3S/c1-4-19-16-24(37-18-19)25-12-13-26(38-25)27(35)32-29-31-22-17-21(10-11-23(22)34(29)15-14-30-2)33(3)28(36)20-8-6-5-7-9-20/h5-13,16-18,28,30,36H,4,14-15H2,1-3H3,(H,31,32,35). The second kappa shape index (κ2) is 11.2. The lowest BCUT2D eigenvalue weighted by Crippen LogP contribution is -2.23. The molecule has 0 saturated carbocycles. The fraction of sp³-hybridized carbons (Fsp3) is 0.241. The van der Waals surface area contributed by atoms with Crippen LogP contribution in [-0.4, -0.2) is 41.2 Å². The van der Waals surface area contributed by atoms with Gasteiger partial charge in [-0.15, -0.1) is 11.3 Å². The Morgan fingerprint density at radius 2 is 1.97 bits per heavy atom. The van der Waals surface area contributed by atoms with Crippen molar-refractivity contribution in [3.05, 3.63) is 89.0 Å². The van der Waals surface area contributed by atoms with Gasteiger partial charge in [-0.3, -0.25) is 10.1 Å². The van der Waals surface area contributed by atoms with E-state index < -0.39 is 6.23 Å². The predicted molar refractivity (Wildman–Crippen MR) is 153 cm³/mol. The van der Waals surface area contributed by atoms with Gasteiger partial charge in [0.05, 0.1) is 27.1 Å². The Hall–Kier alpha value is -3.92. The third-order valence-corrected chi connectivity index (χ3v) is 7.65. The number of amides is 1. The summed E-state index contributed by atoms with van der Waals surface area (Å²) in [5.41, 5.74) is 4.38. The summed E-state index contributed by atoms with van der Waals surface area (Å²) in [5.74, 6) is 1.02. The first-order valence-electron chi connectivity index (χ1n) is 12.6.